The fraction of sp³-hybridized carbons (Fsp3) is 0.278. The minimum Gasteiger partial charge on any atom is -0.274 e. The van der Waals surface area contributed by atoms with Crippen molar-refractivity contribution >= 4 is 63.8 Å². The number of rotatable bonds is 3. The largest absolute Gasteiger partial charge is 0.274 e. The van der Waals surface area contributed by atoms with Gasteiger partial charge in [-0.05, 0) is 72.7 Å². The first-order valence-corrected chi connectivity index (χ1v) is 15.7. The molecule has 2 aliphatic heterocycles. The highest BCUT2D eigenvalue weighted by molar-refractivity contribution is 6.33. The van der Waals surface area contributed by atoms with E-state index in [2.05, 4.69) is 6.08 Å². The SMILES string of the molecule is Cc1c(Cl)cccc1N1C(=O)[C@H]2[C@@H]3C=C[C@H](C4=C(c5ccccc5)C[C@H]5C(=O)N(c6cccc(Cl)c6C)C(=O)[C@H]5[C@H]43)[C@H]2C1=O. The molecule has 220 valence electrons. The summed E-state index contributed by atoms with van der Waals surface area (Å²) >= 11 is 12.9. The van der Waals surface area contributed by atoms with Gasteiger partial charge in [-0.1, -0.05) is 83.4 Å². The molecule has 0 aromatic heterocycles. The van der Waals surface area contributed by atoms with Crippen LogP contribution in [0, 0.1) is 55.3 Å². The number of amides is 4. The molecule has 3 fully saturated rings. The average Bonchev–Trinajstić information content (AvgIpc) is 3.45. The van der Waals surface area contributed by atoms with Gasteiger partial charge in [-0.2, -0.15) is 0 Å². The zero-order valence-corrected chi connectivity index (χ0v) is 25.5. The fourth-order valence-electron chi connectivity index (χ4n) is 8.67. The van der Waals surface area contributed by atoms with Crippen LogP contribution in [0.25, 0.3) is 5.57 Å². The van der Waals surface area contributed by atoms with Crippen LogP contribution in [0.15, 0.2) is 84.5 Å². The molecule has 2 bridgehead atoms. The van der Waals surface area contributed by atoms with E-state index in [1.54, 1.807) is 36.4 Å². The normalized spacial score (nSPS) is 30.3. The van der Waals surface area contributed by atoms with Gasteiger partial charge in [-0.3, -0.25) is 19.2 Å². The first kappa shape index (κ1) is 27.5. The molecule has 6 aliphatic rings. The van der Waals surface area contributed by atoms with Crippen molar-refractivity contribution in [1.82, 2.24) is 0 Å². The molecule has 8 heteroatoms. The number of hydrogen-bond donors (Lipinski definition) is 0. The van der Waals surface area contributed by atoms with E-state index in [1.807, 2.05) is 50.3 Å². The molecule has 4 amide bonds. The highest BCUT2D eigenvalue weighted by Gasteiger charge is 2.67. The number of nitrogens with zero attached hydrogens (tertiary/aromatic N) is 2. The maximum atomic E-state index is 14.4. The Labute approximate surface area is 264 Å². The molecule has 3 aromatic rings. The van der Waals surface area contributed by atoms with Crippen molar-refractivity contribution < 1.29 is 19.2 Å². The van der Waals surface area contributed by atoms with Crippen LogP contribution >= 0.6 is 23.2 Å². The van der Waals surface area contributed by atoms with Crippen molar-refractivity contribution in [1.29, 1.82) is 0 Å². The summed E-state index contributed by atoms with van der Waals surface area (Å²) < 4.78 is 0. The number of anilines is 2. The predicted molar refractivity (Wildman–Crippen MR) is 169 cm³/mol. The van der Waals surface area contributed by atoms with Crippen molar-refractivity contribution in [2.24, 2.45) is 41.4 Å². The quantitative estimate of drug-likeness (QED) is 0.237. The standard InChI is InChI=1S/C36H28Cl2N2O4/c1-17-24(37)10-6-12-26(17)39-33(41)23-16-22(19-8-4-3-5-9-19)28-20-14-15-21(29(28)32(23)36(39)44)31-30(20)34(42)40(35(31)43)27-13-7-11-25(38)18(27)2/h3-15,20-21,23,29-32H,16H2,1-2H3/t20-,21-,23-,29+,30-,31+,32-/m1/s1. The van der Waals surface area contributed by atoms with Gasteiger partial charge in [-0.15, -0.1) is 0 Å². The molecule has 2 saturated heterocycles. The molecular weight excluding hydrogens is 595 g/mol. The Kier molecular flexibility index (Phi) is 6.10. The summed E-state index contributed by atoms with van der Waals surface area (Å²) in [5.41, 5.74) is 5.31. The molecule has 3 aromatic carbocycles. The monoisotopic (exact) mass is 622 g/mol. The molecule has 2 heterocycles. The maximum Gasteiger partial charge on any atom is 0.238 e. The molecular formula is C36H28Cl2N2O4. The fourth-order valence-corrected chi connectivity index (χ4v) is 9.01. The van der Waals surface area contributed by atoms with Crippen LogP contribution in [0.3, 0.4) is 0 Å². The predicted octanol–water partition coefficient (Wildman–Crippen LogP) is 6.81. The summed E-state index contributed by atoms with van der Waals surface area (Å²) in [4.78, 5) is 59.8. The summed E-state index contributed by atoms with van der Waals surface area (Å²) in [7, 11) is 0. The van der Waals surface area contributed by atoms with Crippen molar-refractivity contribution in [3.8, 4) is 0 Å². The zero-order chi connectivity index (χ0) is 30.6. The lowest BCUT2D eigenvalue weighted by Gasteiger charge is -2.51. The first-order valence-electron chi connectivity index (χ1n) is 14.9. The number of carbonyl (C=O) groups is 4. The van der Waals surface area contributed by atoms with Gasteiger partial charge >= 0.3 is 0 Å². The van der Waals surface area contributed by atoms with Gasteiger partial charge in [0.05, 0.1) is 35.0 Å². The topological polar surface area (TPSA) is 74.8 Å². The lowest BCUT2D eigenvalue weighted by Crippen LogP contribution is -2.51. The van der Waals surface area contributed by atoms with Crippen molar-refractivity contribution in [3.05, 3.63) is 111 Å². The Morgan fingerprint density at radius 2 is 1.18 bits per heavy atom. The van der Waals surface area contributed by atoms with Crippen molar-refractivity contribution in [3.63, 3.8) is 0 Å². The Balaban J connectivity index is 1.30. The Hall–Kier alpha value is -4.00. The van der Waals surface area contributed by atoms with Crippen molar-refractivity contribution in [2.45, 2.75) is 20.3 Å². The van der Waals surface area contributed by atoms with E-state index in [1.165, 1.54) is 9.80 Å². The maximum absolute atomic E-state index is 14.4. The average molecular weight is 624 g/mol. The number of imide groups is 2. The number of benzene rings is 3. The molecule has 1 saturated carbocycles. The van der Waals surface area contributed by atoms with Crippen molar-refractivity contribution in [2.75, 3.05) is 9.80 Å². The molecule has 9 rings (SSSR count). The number of hydrogen-bond acceptors (Lipinski definition) is 4. The highest BCUT2D eigenvalue weighted by Crippen LogP contribution is 2.63. The van der Waals surface area contributed by atoms with E-state index in [-0.39, 0.29) is 29.5 Å². The van der Waals surface area contributed by atoms with Gasteiger partial charge in [0.1, 0.15) is 0 Å². The van der Waals surface area contributed by atoms with E-state index in [0.29, 0.717) is 39.0 Å². The van der Waals surface area contributed by atoms with Gasteiger partial charge < -0.3 is 0 Å². The van der Waals surface area contributed by atoms with E-state index in [9.17, 15) is 19.2 Å². The minimum absolute atomic E-state index is 0.241. The van der Waals surface area contributed by atoms with Crippen LogP contribution in [-0.4, -0.2) is 23.6 Å². The second-order valence-corrected chi connectivity index (χ2v) is 13.3. The summed E-state index contributed by atoms with van der Waals surface area (Å²) in [6, 6.07) is 20.4. The van der Waals surface area contributed by atoms with Gasteiger partial charge in [0.15, 0.2) is 0 Å². The molecule has 0 N–H and O–H groups in total. The zero-order valence-electron chi connectivity index (χ0n) is 24.0. The van der Waals surface area contributed by atoms with Crippen LogP contribution < -0.4 is 9.80 Å². The number of allylic oxidation sites excluding steroid dienone is 4. The second-order valence-electron chi connectivity index (χ2n) is 12.5. The Bertz CT molecular complexity index is 1880. The van der Waals surface area contributed by atoms with Crippen LogP contribution in [-0.2, 0) is 19.2 Å². The Morgan fingerprint density at radius 1 is 0.614 bits per heavy atom. The lowest BCUT2D eigenvalue weighted by atomic mass is 9.49. The van der Waals surface area contributed by atoms with Gasteiger partial charge in [-0.25, -0.2) is 9.80 Å². The molecule has 7 atom stereocenters. The van der Waals surface area contributed by atoms with Gasteiger partial charge in [0.2, 0.25) is 23.6 Å². The molecule has 0 unspecified atom stereocenters. The summed E-state index contributed by atoms with van der Waals surface area (Å²) in [6.07, 6.45) is 4.46. The molecule has 6 nitrogen and oxygen atoms in total. The highest BCUT2D eigenvalue weighted by atomic mass is 35.5. The molecule has 4 aliphatic carbocycles. The minimum atomic E-state index is -0.647. The number of halogens is 2. The Morgan fingerprint density at radius 3 is 1.82 bits per heavy atom. The van der Waals surface area contributed by atoms with Gasteiger partial charge in [0.25, 0.3) is 0 Å². The summed E-state index contributed by atoms with van der Waals surface area (Å²) in [5, 5.41) is 0.965. The lowest BCUT2D eigenvalue weighted by molar-refractivity contribution is -0.129. The van der Waals surface area contributed by atoms with Crippen LogP contribution in [0.4, 0.5) is 11.4 Å². The van der Waals surface area contributed by atoms with Crippen LogP contribution in [0.1, 0.15) is 23.1 Å². The van der Waals surface area contributed by atoms with E-state index >= 15 is 0 Å². The first-order chi connectivity index (χ1) is 21.2. The van der Waals surface area contributed by atoms with E-state index < -0.39 is 35.5 Å². The van der Waals surface area contributed by atoms with Crippen LogP contribution in [0.2, 0.25) is 10.0 Å². The third-order valence-corrected chi connectivity index (χ3v) is 11.4. The third-order valence-electron chi connectivity index (χ3n) is 10.6. The number of carbonyl (C=O) groups excluding carboxylic acids is 4. The number of fused-ring (bicyclic) bond motifs is 1. The summed E-state index contributed by atoms with van der Waals surface area (Å²) in [5.74, 6) is -4.65. The van der Waals surface area contributed by atoms with E-state index in [0.717, 1.165) is 16.7 Å². The molecule has 0 radical (unpaired) electrons. The second kappa shape index (κ2) is 9.75. The van der Waals surface area contributed by atoms with E-state index in [4.69, 9.17) is 23.2 Å². The molecule has 0 spiro atoms. The van der Waals surface area contributed by atoms with Crippen LogP contribution in [0.5, 0.6) is 0 Å². The third kappa shape index (κ3) is 3.55. The smallest absolute Gasteiger partial charge is 0.238 e. The summed E-state index contributed by atoms with van der Waals surface area (Å²) in [6.45, 7) is 3.62. The van der Waals surface area contributed by atoms with Gasteiger partial charge in [0, 0.05) is 21.9 Å². The molecule has 44 heavy (non-hydrogen) atoms.